The summed E-state index contributed by atoms with van der Waals surface area (Å²) >= 11 is 11.2. The van der Waals surface area contributed by atoms with Gasteiger partial charge in [0, 0.05) is 30.5 Å². The number of methoxy groups -OCH3 is 1. The molecule has 11 nitrogen and oxygen atoms in total. The second-order valence-electron chi connectivity index (χ2n) is 13.6. The topological polar surface area (TPSA) is 141 Å². The Morgan fingerprint density at radius 2 is 1.44 bits per heavy atom. The van der Waals surface area contributed by atoms with Gasteiger partial charge in [-0.25, -0.2) is 0 Å². The summed E-state index contributed by atoms with van der Waals surface area (Å²) in [6.07, 6.45) is 6.72. The van der Waals surface area contributed by atoms with Gasteiger partial charge in [-0.05, 0) is 122 Å². The lowest BCUT2D eigenvalue weighted by molar-refractivity contribution is 0.139. The van der Waals surface area contributed by atoms with Crippen LogP contribution >= 0.6 is 24.4 Å². The van der Waals surface area contributed by atoms with Crippen LogP contribution in [-0.4, -0.2) is 52.9 Å². The molecule has 54 heavy (non-hydrogen) atoms. The first kappa shape index (κ1) is 36.7. The number of ether oxygens (including phenoxy) is 1. The standard InChI is InChI=1S/C41H40N6O5S2/c1-24-9-6-12-29(19-24)46-38(50)34(36(48)43-40(46)53)33(35-37(49)44-41(54)47(39(35)51)30-13-7-10-25(2)20-30)26-15-16-32(52-3)28(21-26)23-45-18-5-4-14-31(45)27-11-8-17-42-22-27/h6-13,15-17,19-22,31,33,50-51H,4-5,14,18,23H2,1-3H3,(H,43,48,53)(H,44,49,54)/t31-/m1/s1. The van der Waals surface area contributed by atoms with Crippen LogP contribution in [0.4, 0.5) is 0 Å². The highest BCUT2D eigenvalue weighted by Crippen LogP contribution is 2.41. The molecule has 0 radical (unpaired) electrons. The lowest BCUT2D eigenvalue weighted by Crippen LogP contribution is -2.33. The normalized spacial score (nSPS) is 14.7. The van der Waals surface area contributed by atoms with Gasteiger partial charge in [-0.3, -0.25) is 38.6 Å². The number of piperidine rings is 1. The fourth-order valence-corrected chi connectivity index (χ4v) is 8.11. The molecule has 0 unspecified atom stereocenters. The van der Waals surface area contributed by atoms with E-state index in [9.17, 15) is 19.8 Å². The van der Waals surface area contributed by atoms with Gasteiger partial charge in [0.05, 0.1) is 35.5 Å². The van der Waals surface area contributed by atoms with Gasteiger partial charge < -0.3 is 14.9 Å². The minimum Gasteiger partial charge on any atom is -0.496 e. The zero-order valence-corrected chi connectivity index (χ0v) is 31.7. The first-order chi connectivity index (χ1) is 26.0. The van der Waals surface area contributed by atoms with Crippen molar-refractivity contribution < 1.29 is 14.9 Å². The van der Waals surface area contributed by atoms with E-state index in [0.29, 0.717) is 29.2 Å². The second-order valence-corrected chi connectivity index (χ2v) is 14.4. The predicted octanol–water partition coefficient (Wildman–Crippen LogP) is 7.44. The van der Waals surface area contributed by atoms with E-state index in [1.807, 2.05) is 68.6 Å². The lowest BCUT2D eigenvalue weighted by Gasteiger charge is -2.36. The summed E-state index contributed by atoms with van der Waals surface area (Å²) in [5.41, 5.74) is 3.33. The van der Waals surface area contributed by atoms with Crippen molar-refractivity contribution in [2.75, 3.05) is 13.7 Å². The molecule has 0 saturated carbocycles. The summed E-state index contributed by atoms with van der Waals surface area (Å²) in [6.45, 7) is 5.12. The number of aromatic nitrogens is 5. The maximum atomic E-state index is 14.2. The van der Waals surface area contributed by atoms with E-state index in [4.69, 9.17) is 29.2 Å². The Morgan fingerprint density at radius 1 is 0.833 bits per heavy atom. The van der Waals surface area contributed by atoms with Gasteiger partial charge in [-0.15, -0.1) is 0 Å². The highest BCUT2D eigenvalue weighted by Gasteiger charge is 2.33. The van der Waals surface area contributed by atoms with E-state index in [1.165, 1.54) is 9.13 Å². The Morgan fingerprint density at radius 3 is 1.98 bits per heavy atom. The number of aromatic hydroxyl groups is 2. The van der Waals surface area contributed by atoms with Crippen molar-refractivity contribution in [2.45, 2.75) is 51.6 Å². The van der Waals surface area contributed by atoms with Crippen molar-refractivity contribution in [1.82, 2.24) is 29.0 Å². The number of likely N-dealkylation sites (tertiary alicyclic amines) is 1. The van der Waals surface area contributed by atoms with Crippen LogP contribution < -0.4 is 15.9 Å². The molecule has 4 heterocycles. The van der Waals surface area contributed by atoms with Gasteiger partial charge in [-0.2, -0.15) is 0 Å². The van der Waals surface area contributed by atoms with Gasteiger partial charge in [0.15, 0.2) is 9.54 Å². The fraction of sp³-hybridized carbons (Fsp3) is 0.244. The zero-order chi connectivity index (χ0) is 38.1. The number of nitrogens with one attached hydrogen (secondary N) is 2. The number of H-pyrrole nitrogens is 2. The summed E-state index contributed by atoms with van der Waals surface area (Å²) in [5, 5.41) is 24.3. The molecule has 0 aliphatic carbocycles. The summed E-state index contributed by atoms with van der Waals surface area (Å²) in [7, 11) is 1.60. The number of aryl methyl sites for hydroxylation is 2. The molecule has 0 amide bonds. The van der Waals surface area contributed by atoms with Crippen molar-refractivity contribution in [1.29, 1.82) is 0 Å². The first-order valence-electron chi connectivity index (χ1n) is 17.7. The van der Waals surface area contributed by atoms with E-state index in [0.717, 1.165) is 48.1 Å². The summed E-state index contributed by atoms with van der Waals surface area (Å²) in [5.74, 6) is -1.66. The molecule has 0 spiro atoms. The van der Waals surface area contributed by atoms with Crippen LogP contribution in [0, 0.1) is 23.4 Å². The SMILES string of the molecule is COc1ccc(C(c2c(O)n(-c3cccc(C)c3)c(=S)[nH]c2=O)c2c(O)n(-c3cccc(C)c3)c(=S)[nH]c2=O)cc1CN1CCCC[C@@H]1c1cccnc1. The highest BCUT2D eigenvalue weighted by molar-refractivity contribution is 7.71. The number of aromatic amines is 2. The zero-order valence-electron chi connectivity index (χ0n) is 30.1. The fourth-order valence-electron chi connectivity index (χ4n) is 7.54. The van der Waals surface area contributed by atoms with Crippen molar-refractivity contribution >= 4 is 24.4 Å². The molecular weight excluding hydrogens is 721 g/mol. The molecule has 0 bridgehead atoms. The van der Waals surface area contributed by atoms with E-state index >= 15 is 0 Å². The van der Waals surface area contributed by atoms with Gasteiger partial charge in [0.25, 0.3) is 11.1 Å². The highest BCUT2D eigenvalue weighted by atomic mass is 32.1. The summed E-state index contributed by atoms with van der Waals surface area (Å²) in [6, 6.07) is 24.1. The number of hydrogen-bond acceptors (Lipinski definition) is 9. The number of pyridine rings is 1. The molecule has 1 aliphatic rings. The third-order valence-electron chi connectivity index (χ3n) is 10.0. The van der Waals surface area contributed by atoms with E-state index < -0.39 is 28.8 Å². The van der Waals surface area contributed by atoms with Crippen LogP contribution in [0.3, 0.4) is 0 Å². The van der Waals surface area contributed by atoms with Crippen molar-refractivity contribution in [3.8, 4) is 28.9 Å². The molecule has 1 aliphatic heterocycles. The maximum absolute atomic E-state index is 14.2. The summed E-state index contributed by atoms with van der Waals surface area (Å²) in [4.78, 5) is 40.5. The van der Waals surface area contributed by atoms with Crippen LogP contribution in [0.2, 0.25) is 0 Å². The van der Waals surface area contributed by atoms with Crippen molar-refractivity contribution in [3.05, 3.63) is 160 Å². The molecule has 3 aromatic carbocycles. The third kappa shape index (κ3) is 7.05. The van der Waals surface area contributed by atoms with Crippen LogP contribution in [-0.2, 0) is 6.54 Å². The largest absolute Gasteiger partial charge is 0.496 e. The molecule has 276 valence electrons. The Kier molecular flexibility index (Phi) is 10.5. The van der Waals surface area contributed by atoms with Crippen molar-refractivity contribution in [3.63, 3.8) is 0 Å². The van der Waals surface area contributed by atoms with Gasteiger partial charge in [-0.1, -0.05) is 42.8 Å². The quantitative estimate of drug-likeness (QED) is 0.111. The Bertz CT molecular complexity index is 2470. The van der Waals surface area contributed by atoms with E-state index in [2.05, 4.69) is 25.9 Å². The second kappa shape index (κ2) is 15.4. The minimum atomic E-state index is -1.31. The average molecular weight is 761 g/mol. The number of hydrogen-bond donors (Lipinski definition) is 4. The third-order valence-corrected chi connectivity index (χ3v) is 10.6. The molecule has 1 saturated heterocycles. The summed E-state index contributed by atoms with van der Waals surface area (Å²) < 4.78 is 8.49. The number of rotatable bonds is 9. The van der Waals surface area contributed by atoms with E-state index in [-0.39, 0.29) is 26.7 Å². The smallest absolute Gasteiger partial charge is 0.259 e. The van der Waals surface area contributed by atoms with Crippen LogP contribution in [0.5, 0.6) is 17.5 Å². The molecule has 13 heteroatoms. The monoisotopic (exact) mass is 760 g/mol. The molecule has 7 rings (SSSR count). The van der Waals surface area contributed by atoms with Gasteiger partial charge >= 0.3 is 0 Å². The minimum absolute atomic E-state index is 0.0403. The van der Waals surface area contributed by atoms with E-state index in [1.54, 1.807) is 37.6 Å². The average Bonchev–Trinajstić information content (AvgIpc) is 3.14. The Labute approximate surface area is 321 Å². The first-order valence-corrected chi connectivity index (χ1v) is 18.5. The molecule has 1 fully saturated rings. The predicted molar refractivity (Wildman–Crippen MR) is 212 cm³/mol. The molecule has 1 atom stereocenters. The van der Waals surface area contributed by atoms with Gasteiger partial charge in [0.1, 0.15) is 5.75 Å². The van der Waals surface area contributed by atoms with Crippen LogP contribution in [0.25, 0.3) is 11.4 Å². The Hall–Kier alpha value is -5.63. The maximum Gasteiger partial charge on any atom is 0.259 e. The van der Waals surface area contributed by atoms with Crippen LogP contribution in [0.15, 0.2) is 101 Å². The molecule has 3 aromatic heterocycles. The molecule has 4 N–H and O–H groups in total. The molecule has 6 aromatic rings. The molecular formula is C41H40N6O5S2. The van der Waals surface area contributed by atoms with Crippen molar-refractivity contribution in [2.24, 2.45) is 0 Å². The van der Waals surface area contributed by atoms with Gasteiger partial charge in [0.2, 0.25) is 11.8 Å². The Balaban J connectivity index is 1.48. The number of nitrogens with zero attached hydrogens (tertiary/aromatic N) is 4. The number of benzene rings is 3. The lowest BCUT2D eigenvalue weighted by atomic mass is 9.85. The van der Waals surface area contributed by atoms with Crippen LogP contribution in [0.1, 0.15) is 70.2 Å².